The summed E-state index contributed by atoms with van der Waals surface area (Å²) < 4.78 is 7.04. The Kier molecular flexibility index (Phi) is 3.59. The Hall–Kier alpha value is -0.960. The molecule has 4 atom stereocenters. The van der Waals surface area contributed by atoms with Crippen LogP contribution in [0.15, 0.2) is 12.4 Å². The van der Waals surface area contributed by atoms with Crippen LogP contribution in [0.2, 0.25) is 10.3 Å². The molecular formula is C12H13Cl2N3O4. The molecule has 3 rings (SSSR count). The molecule has 4 unspecified atom stereocenters. The van der Waals surface area contributed by atoms with Crippen LogP contribution in [0.5, 0.6) is 0 Å². The predicted molar refractivity (Wildman–Crippen MR) is 75.2 cm³/mol. The highest BCUT2D eigenvalue weighted by Crippen LogP contribution is 2.40. The number of halogens is 2. The van der Waals surface area contributed by atoms with Crippen molar-refractivity contribution in [1.29, 1.82) is 0 Å². The van der Waals surface area contributed by atoms with E-state index in [9.17, 15) is 15.3 Å². The molecule has 3 heterocycles. The molecule has 0 radical (unpaired) electrons. The summed E-state index contributed by atoms with van der Waals surface area (Å²) >= 11 is 11.9. The zero-order valence-electron chi connectivity index (χ0n) is 10.9. The molecule has 0 saturated carbocycles. The van der Waals surface area contributed by atoms with Gasteiger partial charge in [-0.05, 0) is 6.92 Å². The smallest absolute Gasteiger partial charge is 0.167 e. The maximum Gasteiger partial charge on any atom is 0.167 e. The summed E-state index contributed by atoms with van der Waals surface area (Å²) in [6.45, 7) is 1.01. The molecule has 0 aliphatic carbocycles. The fraction of sp³-hybridized carbons (Fsp3) is 0.500. The van der Waals surface area contributed by atoms with E-state index in [1.165, 1.54) is 23.9 Å². The first kappa shape index (κ1) is 15.0. The van der Waals surface area contributed by atoms with Crippen LogP contribution >= 0.6 is 23.2 Å². The summed E-state index contributed by atoms with van der Waals surface area (Å²) in [6, 6.07) is 1.54. The number of nitrogens with zero attached hydrogens (tertiary/aromatic N) is 3. The molecule has 1 aliphatic rings. The highest BCUT2D eigenvalue weighted by Gasteiger charge is 2.53. The van der Waals surface area contributed by atoms with Crippen LogP contribution in [0.25, 0.3) is 11.0 Å². The van der Waals surface area contributed by atoms with Gasteiger partial charge < -0.3 is 24.6 Å². The van der Waals surface area contributed by atoms with Gasteiger partial charge in [-0.3, -0.25) is 0 Å². The lowest BCUT2D eigenvalue weighted by Crippen LogP contribution is -2.44. The van der Waals surface area contributed by atoms with E-state index in [1.54, 1.807) is 0 Å². The largest absolute Gasteiger partial charge is 0.394 e. The third kappa shape index (κ3) is 2.21. The highest BCUT2D eigenvalue weighted by molar-refractivity contribution is 6.36. The third-order valence-electron chi connectivity index (χ3n) is 3.68. The number of hydrogen-bond acceptors (Lipinski definition) is 6. The number of rotatable bonds is 2. The van der Waals surface area contributed by atoms with E-state index in [0.717, 1.165) is 0 Å². The van der Waals surface area contributed by atoms with Crippen LogP contribution in [-0.4, -0.2) is 54.3 Å². The standard InChI is InChI=1S/C12H13Cl2N3O4/c1-12(20)9(19)6(3-18)21-11(12)17-4-15-8-5(17)2-7(13)16-10(8)14/h2,4,6,9,11,18-20H,3H2,1H3. The Morgan fingerprint density at radius 2 is 2.19 bits per heavy atom. The molecule has 7 nitrogen and oxygen atoms in total. The number of pyridine rings is 1. The minimum Gasteiger partial charge on any atom is -0.394 e. The van der Waals surface area contributed by atoms with Crippen molar-refractivity contribution < 1.29 is 20.1 Å². The van der Waals surface area contributed by atoms with Gasteiger partial charge in [0.1, 0.15) is 28.5 Å². The van der Waals surface area contributed by atoms with Crippen LogP contribution in [-0.2, 0) is 4.74 Å². The molecule has 1 aliphatic heterocycles. The SMILES string of the molecule is CC1(O)C(O)C(CO)OC1n1cnc2c(Cl)nc(Cl)cc21. The zero-order valence-corrected chi connectivity index (χ0v) is 12.5. The minimum atomic E-state index is -1.61. The molecule has 0 spiro atoms. The van der Waals surface area contributed by atoms with Crippen molar-refractivity contribution in [1.82, 2.24) is 14.5 Å². The predicted octanol–water partition coefficient (Wildman–Crippen LogP) is 0.740. The van der Waals surface area contributed by atoms with Crippen LogP contribution in [0.1, 0.15) is 13.2 Å². The normalized spacial score (nSPS) is 33.0. The van der Waals surface area contributed by atoms with Crippen molar-refractivity contribution in [2.45, 2.75) is 31.0 Å². The molecule has 9 heteroatoms. The molecule has 114 valence electrons. The molecule has 2 aromatic heterocycles. The fourth-order valence-corrected chi connectivity index (χ4v) is 3.01. The van der Waals surface area contributed by atoms with Crippen molar-refractivity contribution in [3.05, 3.63) is 22.7 Å². The molecule has 1 saturated heterocycles. The first-order valence-corrected chi connectivity index (χ1v) is 6.97. The monoisotopic (exact) mass is 333 g/mol. The topological polar surface area (TPSA) is 101 Å². The Morgan fingerprint density at radius 3 is 2.81 bits per heavy atom. The summed E-state index contributed by atoms with van der Waals surface area (Å²) in [7, 11) is 0. The van der Waals surface area contributed by atoms with Gasteiger partial charge in [0, 0.05) is 6.07 Å². The van der Waals surface area contributed by atoms with Crippen molar-refractivity contribution in [3.63, 3.8) is 0 Å². The second-order valence-electron chi connectivity index (χ2n) is 5.14. The van der Waals surface area contributed by atoms with Gasteiger partial charge in [0.2, 0.25) is 0 Å². The maximum atomic E-state index is 10.5. The summed E-state index contributed by atoms with van der Waals surface area (Å²) in [4.78, 5) is 8.01. The molecule has 1 fully saturated rings. The van der Waals surface area contributed by atoms with Gasteiger partial charge in [0.05, 0.1) is 18.5 Å². The van der Waals surface area contributed by atoms with Crippen molar-refractivity contribution in [3.8, 4) is 0 Å². The lowest BCUT2D eigenvalue weighted by atomic mass is 9.96. The van der Waals surface area contributed by atoms with Gasteiger partial charge in [-0.1, -0.05) is 23.2 Å². The van der Waals surface area contributed by atoms with Gasteiger partial charge in [0.25, 0.3) is 0 Å². The molecule has 0 bridgehead atoms. The molecule has 21 heavy (non-hydrogen) atoms. The number of hydrogen-bond donors (Lipinski definition) is 3. The second kappa shape index (κ2) is 5.05. The van der Waals surface area contributed by atoms with E-state index in [2.05, 4.69) is 9.97 Å². The lowest BCUT2D eigenvalue weighted by molar-refractivity contribution is -0.0948. The van der Waals surface area contributed by atoms with Crippen molar-refractivity contribution in [2.24, 2.45) is 0 Å². The van der Waals surface area contributed by atoms with Crippen LogP contribution in [0.4, 0.5) is 0 Å². The Labute approximate surface area is 129 Å². The highest BCUT2D eigenvalue weighted by atomic mass is 35.5. The summed E-state index contributed by atoms with van der Waals surface area (Å²) in [5.74, 6) is 0. The first-order valence-electron chi connectivity index (χ1n) is 6.21. The average Bonchev–Trinajstić information content (AvgIpc) is 2.91. The average molecular weight is 334 g/mol. The number of ether oxygens (including phenoxy) is 1. The van der Waals surface area contributed by atoms with Gasteiger partial charge >= 0.3 is 0 Å². The molecular weight excluding hydrogens is 321 g/mol. The molecule has 2 aromatic rings. The van der Waals surface area contributed by atoms with Crippen LogP contribution < -0.4 is 0 Å². The molecule has 0 amide bonds. The van der Waals surface area contributed by atoms with Gasteiger partial charge in [-0.15, -0.1) is 0 Å². The Bertz CT molecular complexity index is 690. The van der Waals surface area contributed by atoms with Gasteiger partial charge in [-0.2, -0.15) is 0 Å². The quantitative estimate of drug-likeness (QED) is 0.701. The number of fused-ring (bicyclic) bond motifs is 1. The van der Waals surface area contributed by atoms with Crippen LogP contribution in [0, 0.1) is 0 Å². The van der Waals surface area contributed by atoms with E-state index in [-0.39, 0.29) is 10.3 Å². The van der Waals surface area contributed by atoms with E-state index < -0.39 is 30.6 Å². The number of aromatic nitrogens is 3. The Morgan fingerprint density at radius 1 is 1.48 bits per heavy atom. The van der Waals surface area contributed by atoms with E-state index in [1.807, 2.05) is 0 Å². The summed E-state index contributed by atoms with van der Waals surface area (Å²) in [5, 5.41) is 30.0. The summed E-state index contributed by atoms with van der Waals surface area (Å²) in [6.07, 6.45) is -1.66. The number of aliphatic hydroxyl groups excluding tert-OH is 2. The van der Waals surface area contributed by atoms with E-state index in [0.29, 0.717) is 11.0 Å². The molecule has 0 aromatic carbocycles. The number of aliphatic hydroxyl groups is 3. The second-order valence-corrected chi connectivity index (χ2v) is 5.88. The van der Waals surface area contributed by atoms with Gasteiger partial charge in [-0.25, -0.2) is 9.97 Å². The van der Waals surface area contributed by atoms with Crippen LogP contribution in [0.3, 0.4) is 0 Å². The van der Waals surface area contributed by atoms with Gasteiger partial charge in [0.15, 0.2) is 11.4 Å². The van der Waals surface area contributed by atoms with E-state index in [4.69, 9.17) is 27.9 Å². The first-order chi connectivity index (χ1) is 9.86. The number of imidazole rings is 1. The summed E-state index contributed by atoms with van der Waals surface area (Å²) in [5.41, 5.74) is -0.693. The van der Waals surface area contributed by atoms with E-state index >= 15 is 0 Å². The van der Waals surface area contributed by atoms with Crippen molar-refractivity contribution >= 4 is 34.2 Å². The van der Waals surface area contributed by atoms with Crippen molar-refractivity contribution in [2.75, 3.05) is 6.61 Å². The minimum absolute atomic E-state index is 0.133. The lowest BCUT2D eigenvalue weighted by Gasteiger charge is -2.27. The fourth-order valence-electron chi connectivity index (χ4n) is 2.54. The molecule has 3 N–H and O–H groups in total. The zero-order chi connectivity index (χ0) is 15.4. The maximum absolute atomic E-state index is 10.5. The Balaban J connectivity index is 2.13. The third-order valence-corrected chi connectivity index (χ3v) is 4.13.